The molecule has 0 aromatic heterocycles. The maximum Gasteiger partial charge on any atom is 0.241 e. The molecule has 9 heteroatoms. The van der Waals surface area contributed by atoms with E-state index in [2.05, 4.69) is 5.32 Å². The molecular formula is C19H22Cl2N2O4S. The van der Waals surface area contributed by atoms with Crippen molar-refractivity contribution in [3.8, 4) is 5.75 Å². The number of nitrogens with zero attached hydrogens (tertiary/aromatic N) is 1. The molecule has 0 radical (unpaired) electrons. The fourth-order valence-electron chi connectivity index (χ4n) is 2.41. The van der Waals surface area contributed by atoms with Crippen molar-refractivity contribution in [3.05, 3.63) is 58.1 Å². The second-order valence-electron chi connectivity index (χ2n) is 6.46. The molecule has 0 aliphatic heterocycles. The summed E-state index contributed by atoms with van der Waals surface area (Å²) in [7, 11) is -3.73. The maximum atomic E-state index is 12.4. The lowest BCUT2D eigenvalue weighted by Crippen LogP contribution is -2.45. The highest BCUT2D eigenvalue weighted by Gasteiger charge is 2.23. The molecule has 0 spiro atoms. The third-order valence-electron chi connectivity index (χ3n) is 3.79. The largest absolute Gasteiger partial charge is 0.491 e. The van der Waals surface area contributed by atoms with Gasteiger partial charge < -0.3 is 10.1 Å². The van der Waals surface area contributed by atoms with Crippen LogP contribution in [0.1, 0.15) is 12.5 Å². The third kappa shape index (κ3) is 6.58. The number of ether oxygens (including phenoxy) is 1. The SMILES string of the molecule is Cc1ccc(OC[C@H](C)NC(=O)CN(c2ccc(Cl)cc2Cl)S(C)(=O)=O)cc1. The molecule has 1 amide bonds. The van der Waals surface area contributed by atoms with Crippen molar-refractivity contribution < 1.29 is 17.9 Å². The molecule has 0 aliphatic rings. The number of nitrogens with one attached hydrogen (secondary N) is 1. The van der Waals surface area contributed by atoms with Crippen LogP contribution in [0.3, 0.4) is 0 Å². The molecule has 0 heterocycles. The van der Waals surface area contributed by atoms with Crippen LogP contribution in [0.4, 0.5) is 5.69 Å². The van der Waals surface area contributed by atoms with E-state index in [4.69, 9.17) is 27.9 Å². The first-order chi connectivity index (χ1) is 13.1. The van der Waals surface area contributed by atoms with E-state index in [9.17, 15) is 13.2 Å². The number of rotatable bonds is 8. The van der Waals surface area contributed by atoms with Crippen LogP contribution in [0, 0.1) is 6.92 Å². The smallest absolute Gasteiger partial charge is 0.241 e. The van der Waals surface area contributed by atoms with Gasteiger partial charge in [0.2, 0.25) is 15.9 Å². The summed E-state index contributed by atoms with van der Waals surface area (Å²) >= 11 is 12.0. The lowest BCUT2D eigenvalue weighted by atomic mass is 10.2. The van der Waals surface area contributed by atoms with Gasteiger partial charge in [-0.3, -0.25) is 9.10 Å². The molecule has 0 aliphatic carbocycles. The minimum atomic E-state index is -3.73. The Morgan fingerprint density at radius 3 is 2.39 bits per heavy atom. The Bertz CT molecular complexity index is 933. The van der Waals surface area contributed by atoms with Gasteiger partial charge in [-0.1, -0.05) is 40.9 Å². The molecule has 1 N–H and O–H groups in total. The average molecular weight is 445 g/mol. The van der Waals surface area contributed by atoms with Crippen LogP contribution >= 0.6 is 23.2 Å². The Morgan fingerprint density at radius 1 is 1.18 bits per heavy atom. The van der Waals surface area contributed by atoms with Gasteiger partial charge >= 0.3 is 0 Å². The highest BCUT2D eigenvalue weighted by molar-refractivity contribution is 7.92. The Kier molecular flexibility index (Phi) is 7.57. The molecule has 6 nitrogen and oxygen atoms in total. The van der Waals surface area contributed by atoms with Crippen LogP contribution in [0.5, 0.6) is 5.75 Å². The van der Waals surface area contributed by atoms with Crippen molar-refractivity contribution >= 4 is 44.8 Å². The number of benzene rings is 2. The molecule has 2 rings (SSSR count). The summed E-state index contributed by atoms with van der Waals surface area (Å²) in [5.74, 6) is 0.217. The van der Waals surface area contributed by atoms with Gasteiger partial charge in [-0.05, 0) is 44.2 Å². The van der Waals surface area contributed by atoms with Crippen LogP contribution in [0.15, 0.2) is 42.5 Å². The quantitative estimate of drug-likeness (QED) is 0.673. The number of halogens is 2. The number of hydrogen-bond donors (Lipinski definition) is 1. The molecule has 0 fully saturated rings. The second kappa shape index (κ2) is 9.49. The minimum Gasteiger partial charge on any atom is -0.491 e. The maximum absolute atomic E-state index is 12.4. The second-order valence-corrected chi connectivity index (χ2v) is 9.21. The fraction of sp³-hybridized carbons (Fsp3) is 0.316. The van der Waals surface area contributed by atoms with Gasteiger partial charge in [0.15, 0.2) is 0 Å². The van der Waals surface area contributed by atoms with E-state index in [-0.39, 0.29) is 23.4 Å². The van der Waals surface area contributed by atoms with E-state index in [1.165, 1.54) is 18.2 Å². The van der Waals surface area contributed by atoms with Crippen molar-refractivity contribution in [3.63, 3.8) is 0 Å². The monoisotopic (exact) mass is 444 g/mol. The normalized spacial score (nSPS) is 12.3. The zero-order valence-corrected chi connectivity index (χ0v) is 18.1. The van der Waals surface area contributed by atoms with E-state index < -0.39 is 22.5 Å². The number of aryl methyl sites for hydroxylation is 1. The van der Waals surface area contributed by atoms with Gasteiger partial charge in [-0.25, -0.2) is 8.42 Å². The first-order valence-electron chi connectivity index (χ1n) is 8.48. The summed E-state index contributed by atoms with van der Waals surface area (Å²) < 4.78 is 30.9. The predicted octanol–water partition coefficient (Wildman–Crippen LogP) is 3.65. The Morgan fingerprint density at radius 2 is 1.82 bits per heavy atom. The molecular weight excluding hydrogens is 423 g/mol. The van der Waals surface area contributed by atoms with Gasteiger partial charge in [0, 0.05) is 5.02 Å². The number of carbonyl (C=O) groups is 1. The zero-order chi connectivity index (χ0) is 20.9. The predicted molar refractivity (Wildman–Crippen MR) is 113 cm³/mol. The number of amides is 1. The van der Waals surface area contributed by atoms with E-state index in [0.29, 0.717) is 10.8 Å². The van der Waals surface area contributed by atoms with Gasteiger partial charge in [-0.2, -0.15) is 0 Å². The van der Waals surface area contributed by atoms with Gasteiger partial charge in [0.1, 0.15) is 18.9 Å². The van der Waals surface area contributed by atoms with Gasteiger partial charge in [0.25, 0.3) is 0 Å². The summed E-state index contributed by atoms with van der Waals surface area (Å²) in [6, 6.07) is 11.6. The fourth-order valence-corrected chi connectivity index (χ4v) is 3.84. The minimum absolute atomic E-state index is 0.140. The van der Waals surface area contributed by atoms with E-state index in [1.54, 1.807) is 6.92 Å². The summed E-state index contributed by atoms with van der Waals surface area (Å²) in [4.78, 5) is 12.4. The van der Waals surface area contributed by atoms with Crippen molar-refractivity contribution in [2.75, 3.05) is 23.7 Å². The summed E-state index contributed by atoms with van der Waals surface area (Å²) in [6.45, 7) is 3.59. The highest BCUT2D eigenvalue weighted by Crippen LogP contribution is 2.30. The molecule has 2 aromatic carbocycles. The molecule has 0 saturated heterocycles. The van der Waals surface area contributed by atoms with Crippen molar-refractivity contribution in [2.45, 2.75) is 19.9 Å². The van der Waals surface area contributed by atoms with Crippen LogP contribution in [-0.2, 0) is 14.8 Å². The number of anilines is 1. The van der Waals surface area contributed by atoms with Crippen LogP contribution in [0.2, 0.25) is 10.0 Å². The first-order valence-corrected chi connectivity index (χ1v) is 11.1. The summed E-state index contributed by atoms with van der Waals surface area (Å²) in [6.07, 6.45) is 1.01. The molecule has 1 atom stereocenters. The van der Waals surface area contributed by atoms with E-state index in [0.717, 1.165) is 16.1 Å². The van der Waals surface area contributed by atoms with Gasteiger partial charge in [0.05, 0.1) is 23.0 Å². The standard InChI is InChI=1S/C19H22Cl2N2O4S/c1-13-4-7-16(8-5-13)27-12-14(2)22-19(24)11-23(28(3,25)26)18-9-6-15(20)10-17(18)21/h4-10,14H,11-12H2,1-3H3,(H,22,24)/t14-/m0/s1. The van der Waals surface area contributed by atoms with Crippen LogP contribution in [-0.4, -0.2) is 39.8 Å². The molecule has 152 valence electrons. The highest BCUT2D eigenvalue weighted by atomic mass is 35.5. The van der Waals surface area contributed by atoms with Crippen LogP contribution < -0.4 is 14.4 Å². The number of hydrogen-bond acceptors (Lipinski definition) is 4. The Labute approximate surface area is 175 Å². The molecule has 0 unspecified atom stereocenters. The average Bonchev–Trinajstić information content (AvgIpc) is 2.59. The summed E-state index contributed by atoms with van der Waals surface area (Å²) in [5.41, 5.74) is 1.31. The Hall–Kier alpha value is -1.96. The topological polar surface area (TPSA) is 75.7 Å². The Balaban J connectivity index is 2.00. The van der Waals surface area contributed by atoms with Crippen molar-refractivity contribution in [2.24, 2.45) is 0 Å². The lowest BCUT2D eigenvalue weighted by Gasteiger charge is -2.24. The van der Waals surface area contributed by atoms with Crippen molar-refractivity contribution in [1.82, 2.24) is 5.32 Å². The molecule has 0 saturated carbocycles. The van der Waals surface area contributed by atoms with Crippen LogP contribution in [0.25, 0.3) is 0 Å². The zero-order valence-electron chi connectivity index (χ0n) is 15.8. The lowest BCUT2D eigenvalue weighted by molar-refractivity contribution is -0.120. The van der Waals surface area contributed by atoms with Crippen molar-refractivity contribution in [1.29, 1.82) is 0 Å². The van der Waals surface area contributed by atoms with Gasteiger partial charge in [-0.15, -0.1) is 0 Å². The number of carbonyl (C=O) groups excluding carboxylic acids is 1. The summed E-state index contributed by atoms with van der Waals surface area (Å²) in [5, 5.41) is 3.23. The molecule has 2 aromatic rings. The molecule has 28 heavy (non-hydrogen) atoms. The third-order valence-corrected chi connectivity index (χ3v) is 5.46. The molecule has 0 bridgehead atoms. The number of sulfonamides is 1. The first kappa shape index (κ1) is 22.3. The van der Waals surface area contributed by atoms with E-state index in [1.807, 2.05) is 31.2 Å². The van der Waals surface area contributed by atoms with E-state index >= 15 is 0 Å².